The monoisotopic (exact) mass is 317 g/mol. The van der Waals surface area contributed by atoms with Crippen LogP contribution in [-0.2, 0) is 6.42 Å². The summed E-state index contributed by atoms with van der Waals surface area (Å²) in [6.07, 6.45) is 4.62. The molecule has 0 radical (unpaired) electrons. The van der Waals surface area contributed by atoms with E-state index in [0.29, 0.717) is 12.6 Å². The van der Waals surface area contributed by atoms with Gasteiger partial charge < -0.3 is 15.0 Å². The summed E-state index contributed by atoms with van der Waals surface area (Å²) in [5.41, 5.74) is 1.13. The van der Waals surface area contributed by atoms with Gasteiger partial charge in [0.05, 0.1) is 7.11 Å². The molecule has 2 saturated heterocycles. The predicted molar refractivity (Wildman–Crippen MR) is 90.9 cm³/mol. The van der Waals surface area contributed by atoms with Crippen molar-refractivity contribution < 1.29 is 9.53 Å². The number of urea groups is 1. The van der Waals surface area contributed by atoms with E-state index in [-0.39, 0.29) is 6.03 Å². The molecule has 2 aliphatic rings. The molecule has 0 spiro atoms. The summed E-state index contributed by atoms with van der Waals surface area (Å²) in [4.78, 5) is 16.9. The Morgan fingerprint density at radius 2 is 2.13 bits per heavy atom. The van der Waals surface area contributed by atoms with Gasteiger partial charge in [0.2, 0.25) is 0 Å². The van der Waals surface area contributed by atoms with Crippen LogP contribution in [0.1, 0.15) is 24.8 Å². The number of hydrogen-bond acceptors (Lipinski definition) is 3. The zero-order valence-corrected chi connectivity index (χ0v) is 14.0. The second kappa shape index (κ2) is 7.68. The molecular formula is C18H27N3O2. The van der Waals surface area contributed by atoms with Crippen LogP contribution in [-0.4, -0.2) is 61.7 Å². The normalized spacial score (nSPS) is 21.6. The second-order valence-corrected chi connectivity index (χ2v) is 6.43. The molecular weight excluding hydrogens is 290 g/mol. The Balaban J connectivity index is 1.46. The zero-order valence-electron chi connectivity index (χ0n) is 14.0. The minimum atomic E-state index is 0.0742. The first-order chi connectivity index (χ1) is 11.3. The Morgan fingerprint density at radius 3 is 3.00 bits per heavy atom. The summed E-state index contributed by atoms with van der Waals surface area (Å²) < 4.78 is 5.35. The lowest BCUT2D eigenvalue weighted by atomic mass is 10.00. The minimum Gasteiger partial charge on any atom is -0.496 e. The molecule has 2 amide bonds. The van der Waals surface area contributed by atoms with Crippen molar-refractivity contribution in [1.29, 1.82) is 0 Å². The Morgan fingerprint density at radius 1 is 1.26 bits per heavy atom. The minimum absolute atomic E-state index is 0.0742. The molecule has 0 unspecified atom stereocenters. The van der Waals surface area contributed by atoms with Crippen LogP contribution in [0.15, 0.2) is 24.3 Å². The van der Waals surface area contributed by atoms with Crippen LogP contribution in [0.5, 0.6) is 5.75 Å². The summed E-state index contributed by atoms with van der Waals surface area (Å²) in [5, 5.41) is 3.06. The number of amides is 2. The lowest BCUT2D eigenvalue weighted by molar-refractivity contribution is 0.0644. The molecule has 126 valence electrons. The first-order valence-electron chi connectivity index (χ1n) is 8.66. The topological polar surface area (TPSA) is 44.8 Å². The largest absolute Gasteiger partial charge is 0.496 e. The third-order valence-electron chi connectivity index (χ3n) is 4.99. The van der Waals surface area contributed by atoms with Gasteiger partial charge in [0, 0.05) is 32.2 Å². The van der Waals surface area contributed by atoms with Crippen molar-refractivity contribution in [3.05, 3.63) is 29.8 Å². The Kier molecular flexibility index (Phi) is 5.39. The molecule has 1 aromatic carbocycles. The Bertz CT molecular complexity index is 535. The highest BCUT2D eigenvalue weighted by Gasteiger charge is 2.30. The number of fused-ring (bicyclic) bond motifs is 1. The average molecular weight is 317 g/mol. The summed E-state index contributed by atoms with van der Waals surface area (Å²) in [6.45, 7) is 4.58. The van der Waals surface area contributed by atoms with Gasteiger partial charge in [0.25, 0.3) is 0 Å². The summed E-state index contributed by atoms with van der Waals surface area (Å²) in [6, 6.07) is 8.61. The number of carbonyl (C=O) groups excluding carboxylic acids is 1. The van der Waals surface area contributed by atoms with Crippen molar-refractivity contribution in [2.24, 2.45) is 0 Å². The van der Waals surface area contributed by atoms with E-state index >= 15 is 0 Å². The quantitative estimate of drug-likeness (QED) is 0.925. The number of piperazine rings is 1. The van der Waals surface area contributed by atoms with E-state index in [2.05, 4.69) is 10.2 Å². The van der Waals surface area contributed by atoms with E-state index in [9.17, 15) is 4.79 Å². The van der Waals surface area contributed by atoms with Gasteiger partial charge in [-0.3, -0.25) is 4.90 Å². The number of nitrogens with one attached hydrogen (secondary N) is 1. The van der Waals surface area contributed by atoms with E-state index in [1.807, 2.05) is 29.2 Å². The van der Waals surface area contributed by atoms with Crippen LogP contribution in [0.3, 0.4) is 0 Å². The zero-order chi connectivity index (χ0) is 16.1. The van der Waals surface area contributed by atoms with Crippen molar-refractivity contribution in [3.8, 4) is 5.75 Å². The summed E-state index contributed by atoms with van der Waals surface area (Å²) in [7, 11) is 1.68. The molecule has 1 aromatic rings. The van der Waals surface area contributed by atoms with E-state index < -0.39 is 0 Å². The Labute approximate surface area is 138 Å². The van der Waals surface area contributed by atoms with E-state index in [1.165, 1.54) is 25.8 Å². The molecule has 0 aromatic heterocycles. The fraction of sp³-hybridized carbons (Fsp3) is 0.611. The van der Waals surface area contributed by atoms with E-state index in [0.717, 1.165) is 37.4 Å². The smallest absolute Gasteiger partial charge is 0.317 e. The van der Waals surface area contributed by atoms with Gasteiger partial charge in [-0.25, -0.2) is 4.79 Å². The number of para-hydroxylation sites is 1. The number of nitrogens with zero attached hydrogens (tertiary/aromatic N) is 2. The number of carbonyl (C=O) groups is 1. The van der Waals surface area contributed by atoms with Crippen molar-refractivity contribution in [3.63, 3.8) is 0 Å². The van der Waals surface area contributed by atoms with Crippen molar-refractivity contribution in [1.82, 2.24) is 15.1 Å². The standard InChI is InChI=1S/C18H27N3O2/c1-23-17-8-3-2-6-15(17)9-10-19-18(22)21-13-12-20-11-5-4-7-16(20)14-21/h2-3,6,8,16H,4-5,7,9-14H2,1H3,(H,19,22)/t16-/m1/s1. The molecule has 2 fully saturated rings. The molecule has 1 atom stereocenters. The molecule has 0 aliphatic carbocycles. The third-order valence-corrected chi connectivity index (χ3v) is 4.99. The molecule has 1 N–H and O–H groups in total. The number of methoxy groups -OCH3 is 1. The highest BCUT2D eigenvalue weighted by atomic mass is 16.5. The molecule has 0 bridgehead atoms. The highest BCUT2D eigenvalue weighted by Crippen LogP contribution is 2.21. The van der Waals surface area contributed by atoms with Crippen molar-refractivity contribution >= 4 is 6.03 Å². The summed E-state index contributed by atoms with van der Waals surface area (Å²) in [5.74, 6) is 0.887. The van der Waals surface area contributed by atoms with Gasteiger partial charge in [0.15, 0.2) is 0 Å². The third kappa shape index (κ3) is 3.96. The predicted octanol–water partition coefficient (Wildman–Crippen LogP) is 2.12. The van der Waals surface area contributed by atoms with Crippen LogP contribution in [0.2, 0.25) is 0 Å². The fourth-order valence-electron chi connectivity index (χ4n) is 3.67. The van der Waals surface area contributed by atoms with E-state index in [1.54, 1.807) is 7.11 Å². The van der Waals surface area contributed by atoms with Crippen LogP contribution in [0.4, 0.5) is 4.79 Å². The maximum Gasteiger partial charge on any atom is 0.317 e. The number of rotatable bonds is 4. The molecule has 2 heterocycles. The number of benzene rings is 1. The van der Waals surface area contributed by atoms with Crippen LogP contribution < -0.4 is 10.1 Å². The molecule has 0 saturated carbocycles. The second-order valence-electron chi connectivity index (χ2n) is 6.43. The summed E-state index contributed by atoms with van der Waals surface area (Å²) >= 11 is 0. The van der Waals surface area contributed by atoms with Gasteiger partial charge in [0.1, 0.15) is 5.75 Å². The van der Waals surface area contributed by atoms with Crippen molar-refractivity contribution in [2.45, 2.75) is 31.7 Å². The highest BCUT2D eigenvalue weighted by molar-refractivity contribution is 5.74. The van der Waals surface area contributed by atoms with Crippen LogP contribution >= 0.6 is 0 Å². The van der Waals surface area contributed by atoms with Crippen molar-refractivity contribution in [2.75, 3.05) is 39.8 Å². The average Bonchev–Trinajstić information content (AvgIpc) is 2.61. The fourth-order valence-corrected chi connectivity index (χ4v) is 3.67. The number of hydrogen-bond donors (Lipinski definition) is 1. The van der Waals surface area contributed by atoms with Gasteiger partial charge in [-0.1, -0.05) is 24.6 Å². The molecule has 5 heteroatoms. The molecule has 3 rings (SSSR count). The lowest BCUT2D eigenvalue weighted by Gasteiger charge is -2.43. The van der Waals surface area contributed by atoms with Gasteiger partial charge >= 0.3 is 6.03 Å². The number of piperidine rings is 1. The lowest BCUT2D eigenvalue weighted by Crippen LogP contribution is -2.58. The van der Waals surface area contributed by atoms with E-state index in [4.69, 9.17) is 4.74 Å². The Hall–Kier alpha value is -1.75. The SMILES string of the molecule is COc1ccccc1CCNC(=O)N1CCN2CCCC[C@@H]2C1. The van der Waals surface area contributed by atoms with Gasteiger partial charge in [-0.05, 0) is 37.4 Å². The first-order valence-corrected chi connectivity index (χ1v) is 8.66. The van der Waals surface area contributed by atoms with Crippen LogP contribution in [0, 0.1) is 0 Å². The first kappa shape index (κ1) is 16.1. The molecule has 23 heavy (non-hydrogen) atoms. The van der Waals surface area contributed by atoms with Crippen LogP contribution in [0.25, 0.3) is 0 Å². The maximum absolute atomic E-state index is 12.4. The number of ether oxygens (including phenoxy) is 1. The van der Waals surface area contributed by atoms with Gasteiger partial charge in [-0.15, -0.1) is 0 Å². The maximum atomic E-state index is 12.4. The molecule has 2 aliphatic heterocycles. The molecule has 5 nitrogen and oxygen atoms in total. The van der Waals surface area contributed by atoms with Gasteiger partial charge in [-0.2, -0.15) is 0 Å².